The van der Waals surface area contributed by atoms with E-state index in [9.17, 15) is 19.7 Å². The highest BCUT2D eigenvalue weighted by Gasteiger charge is 2.22. The minimum absolute atomic E-state index is 0.0193. The van der Waals surface area contributed by atoms with Crippen molar-refractivity contribution in [1.29, 1.82) is 0 Å². The summed E-state index contributed by atoms with van der Waals surface area (Å²) in [5, 5.41) is 22.1. The maximum Gasteiger partial charge on any atom is 0.308 e. The van der Waals surface area contributed by atoms with E-state index in [1.54, 1.807) is 13.8 Å². The zero-order valence-electron chi connectivity index (χ0n) is 11.2. The molecule has 1 atom stereocenters. The highest BCUT2D eigenvalue weighted by atomic mass is 16.6. The molecule has 0 aliphatic carbocycles. The fourth-order valence-electron chi connectivity index (χ4n) is 1.67. The monoisotopic (exact) mass is 280 g/mol. The molecule has 0 spiro atoms. The zero-order chi connectivity index (χ0) is 15.3. The SMILES string of the molecule is CC(C)C(CNC(=O)c1cccc([N+](=O)[O-])c1)C(=O)O. The Balaban J connectivity index is 2.74. The van der Waals surface area contributed by atoms with Gasteiger partial charge in [-0.1, -0.05) is 19.9 Å². The van der Waals surface area contributed by atoms with Crippen molar-refractivity contribution in [3.8, 4) is 0 Å². The van der Waals surface area contributed by atoms with Gasteiger partial charge in [-0.2, -0.15) is 0 Å². The number of benzene rings is 1. The maximum atomic E-state index is 11.8. The number of carbonyl (C=O) groups is 2. The molecule has 1 amide bonds. The van der Waals surface area contributed by atoms with Gasteiger partial charge < -0.3 is 10.4 Å². The van der Waals surface area contributed by atoms with Gasteiger partial charge in [0, 0.05) is 24.2 Å². The summed E-state index contributed by atoms with van der Waals surface area (Å²) in [5.41, 5.74) is -0.0524. The van der Waals surface area contributed by atoms with E-state index >= 15 is 0 Å². The van der Waals surface area contributed by atoms with Crippen LogP contribution in [0.25, 0.3) is 0 Å². The first-order valence-corrected chi connectivity index (χ1v) is 6.08. The van der Waals surface area contributed by atoms with Crippen LogP contribution in [0.2, 0.25) is 0 Å². The molecule has 0 heterocycles. The molecule has 108 valence electrons. The summed E-state index contributed by atoms with van der Waals surface area (Å²) in [4.78, 5) is 32.9. The second-order valence-corrected chi connectivity index (χ2v) is 4.71. The number of rotatable bonds is 6. The summed E-state index contributed by atoms with van der Waals surface area (Å²) >= 11 is 0. The summed E-state index contributed by atoms with van der Waals surface area (Å²) < 4.78 is 0. The fraction of sp³-hybridized carbons (Fsp3) is 0.385. The van der Waals surface area contributed by atoms with Gasteiger partial charge >= 0.3 is 5.97 Å². The summed E-state index contributed by atoms with van der Waals surface area (Å²) in [6.07, 6.45) is 0. The lowest BCUT2D eigenvalue weighted by Gasteiger charge is -2.16. The average Bonchev–Trinajstić information content (AvgIpc) is 2.38. The summed E-state index contributed by atoms with van der Waals surface area (Å²) in [7, 11) is 0. The molecule has 0 fully saturated rings. The molecule has 1 aromatic rings. The van der Waals surface area contributed by atoms with E-state index in [2.05, 4.69) is 5.32 Å². The number of hydrogen-bond acceptors (Lipinski definition) is 4. The molecule has 0 bridgehead atoms. The largest absolute Gasteiger partial charge is 0.481 e. The van der Waals surface area contributed by atoms with E-state index in [-0.39, 0.29) is 23.7 Å². The van der Waals surface area contributed by atoms with Crippen molar-refractivity contribution >= 4 is 17.6 Å². The van der Waals surface area contributed by atoms with Crippen molar-refractivity contribution in [2.45, 2.75) is 13.8 Å². The summed E-state index contributed by atoms with van der Waals surface area (Å²) in [6, 6.07) is 5.28. The van der Waals surface area contributed by atoms with E-state index in [1.165, 1.54) is 18.2 Å². The normalized spacial score (nSPS) is 11.9. The lowest BCUT2D eigenvalue weighted by Crippen LogP contribution is -2.35. The third-order valence-electron chi connectivity index (χ3n) is 2.92. The van der Waals surface area contributed by atoms with E-state index in [4.69, 9.17) is 5.11 Å². The number of nitro groups is 1. The van der Waals surface area contributed by atoms with Gasteiger partial charge in [-0.25, -0.2) is 0 Å². The van der Waals surface area contributed by atoms with Gasteiger partial charge in [0.25, 0.3) is 11.6 Å². The highest BCUT2D eigenvalue weighted by molar-refractivity contribution is 5.95. The van der Waals surface area contributed by atoms with Crippen LogP contribution in [0.5, 0.6) is 0 Å². The Hall–Kier alpha value is -2.44. The summed E-state index contributed by atoms with van der Waals surface area (Å²) in [5.74, 6) is -2.34. The van der Waals surface area contributed by atoms with Crippen molar-refractivity contribution < 1.29 is 19.6 Å². The molecule has 2 N–H and O–H groups in total. The van der Waals surface area contributed by atoms with Gasteiger partial charge in [-0.3, -0.25) is 19.7 Å². The number of nitrogens with one attached hydrogen (secondary N) is 1. The molecule has 20 heavy (non-hydrogen) atoms. The van der Waals surface area contributed by atoms with Crippen LogP contribution in [-0.4, -0.2) is 28.5 Å². The quantitative estimate of drug-likeness (QED) is 0.608. The molecule has 0 saturated carbocycles. The van der Waals surface area contributed by atoms with Crippen LogP contribution in [-0.2, 0) is 4.79 Å². The van der Waals surface area contributed by atoms with Crippen LogP contribution < -0.4 is 5.32 Å². The number of non-ortho nitro benzene ring substituents is 1. The molecule has 0 aliphatic rings. The Kier molecular flexibility index (Phi) is 5.19. The van der Waals surface area contributed by atoms with Gasteiger partial charge in [0.15, 0.2) is 0 Å². The van der Waals surface area contributed by atoms with E-state index in [0.717, 1.165) is 6.07 Å². The summed E-state index contributed by atoms with van der Waals surface area (Å²) in [6.45, 7) is 3.48. The molecule has 1 aromatic carbocycles. The fourth-order valence-corrected chi connectivity index (χ4v) is 1.67. The van der Waals surface area contributed by atoms with Crippen LogP contribution >= 0.6 is 0 Å². The lowest BCUT2D eigenvalue weighted by atomic mass is 9.96. The van der Waals surface area contributed by atoms with E-state index in [1.807, 2.05) is 0 Å². The molecular weight excluding hydrogens is 264 g/mol. The van der Waals surface area contributed by atoms with Crippen molar-refractivity contribution in [2.24, 2.45) is 11.8 Å². The van der Waals surface area contributed by atoms with Gasteiger partial charge in [0.05, 0.1) is 10.8 Å². The van der Waals surface area contributed by atoms with Gasteiger partial charge in [-0.15, -0.1) is 0 Å². The Morgan fingerprint density at radius 3 is 2.55 bits per heavy atom. The first-order valence-electron chi connectivity index (χ1n) is 6.08. The van der Waals surface area contributed by atoms with E-state index < -0.39 is 22.7 Å². The Labute approximate surface area is 115 Å². The standard InChI is InChI=1S/C13H16N2O5/c1-8(2)11(13(17)18)7-14-12(16)9-4-3-5-10(6-9)15(19)20/h3-6,8,11H,7H2,1-2H3,(H,14,16)(H,17,18). The molecule has 0 aromatic heterocycles. The minimum atomic E-state index is -0.987. The first kappa shape index (κ1) is 15.6. The Bertz CT molecular complexity index is 527. The number of carbonyl (C=O) groups excluding carboxylic acids is 1. The maximum absolute atomic E-state index is 11.8. The van der Waals surface area contributed by atoms with E-state index in [0.29, 0.717) is 0 Å². The number of nitrogens with zero attached hydrogens (tertiary/aromatic N) is 1. The lowest BCUT2D eigenvalue weighted by molar-refractivity contribution is -0.384. The second-order valence-electron chi connectivity index (χ2n) is 4.71. The molecule has 1 rings (SSSR count). The topological polar surface area (TPSA) is 110 Å². The second kappa shape index (κ2) is 6.65. The van der Waals surface area contributed by atoms with Gasteiger partial charge in [0.2, 0.25) is 0 Å². The first-order chi connectivity index (χ1) is 9.32. The molecular formula is C13H16N2O5. The molecule has 7 nitrogen and oxygen atoms in total. The van der Waals surface area contributed by atoms with Crippen LogP contribution in [0.4, 0.5) is 5.69 Å². The van der Waals surface area contributed by atoms with Crippen LogP contribution in [0.3, 0.4) is 0 Å². The van der Waals surface area contributed by atoms with Gasteiger partial charge in [-0.05, 0) is 12.0 Å². The molecule has 0 radical (unpaired) electrons. The molecule has 0 saturated heterocycles. The number of nitro benzene ring substituents is 1. The predicted molar refractivity (Wildman–Crippen MR) is 71.4 cm³/mol. The predicted octanol–water partition coefficient (Wildman–Crippen LogP) is 1.68. The zero-order valence-corrected chi connectivity index (χ0v) is 11.2. The number of carboxylic acids is 1. The molecule has 0 aliphatic heterocycles. The molecule has 7 heteroatoms. The van der Waals surface area contributed by atoms with Crippen molar-refractivity contribution in [1.82, 2.24) is 5.32 Å². The third kappa shape index (κ3) is 4.04. The van der Waals surface area contributed by atoms with Crippen molar-refractivity contribution in [3.05, 3.63) is 39.9 Å². The Morgan fingerprint density at radius 2 is 2.05 bits per heavy atom. The number of amides is 1. The number of carboxylic acid groups (broad SMARTS) is 1. The number of aliphatic carboxylic acids is 1. The molecule has 1 unspecified atom stereocenters. The average molecular weight is 280 g/mol. The van der Waals surface area contributed by atoms with Crippen LogP contribution in [0.15, 0.2) is 24.3 Å². The van der Waals surface area contributed by atoms with Crippen molar-refractivity contribution in [2.75, 3.05) is 6.54 Å². The van der Waals surface area contributed by atoms with Gasteiger partial charge in [0.1, 0.15) is 0 Å². The smallest absolute Gasteiger partial charge is 0.308 e. The van der Waals surface area contributed by atoms with Crippen LogP contribution in [0, 0.1) is 22.0 Å². The Morgan fingerprint density at radius 1 is 1.40 bits per heavy atom. The van der Waals surface area contributed by atoms with Crippen LogP contribution in [0.1, 0.15) is 24.2 Å². The third-order valence-corrected chi connectivity index (χ3v) is 2.92. The number of hydrogen-bond donors (Lipinski definition) is 2. The highest BCUT2D eigenvalue weighted by Crippen LogP contribution is 2.14. The van der Waals surface area contributed by atoms with Crippen molar-refractivity contribution in [3.63, 3.8) is 0 Å². The minimum Gasteiger partial charge on any atom is -0.481 e.